The number of nitrogens with zero attached hydrogens (tertiary/aromatic N) is 2. The number of rotatable bonds is 2. The van der Waals surface area contributed by atoms with Gasteiger partial charge in [-0.3, -0.25) is 4.99 Å². The van der Waals surface area contributed by atoms with E-state index in [1.165, 1.54) is 5.56 Å². The lowest BCUT2D eigenvalue weighted by Gasteiger charge is -2.30. The van der Waals surface area contributed by atoms with Crippen molar-refractivity contribution in [3.05, 3.63) is 29.8 Å². The van der Waals surface area contributed by atoms with Crippen LogP contribution in [0.25, 0.3) is 0 Å². The number of hydrogen-bond acceptors (Lipinski definition) is 3. The number of thiol groups is 1. The summed E-state index contributed by atoms with van der Waals surface area (Å²) in [7, 11) is 0. The molecule has 1 heterocycles. The van der Waals surface area contributed by atoms with E-state index in [1.54, 1.807) is 0 Å². The van der Waals surface area contributed by atoms with Gasteiger partial charge in [-0.05, 0) is 18.6 Å². The zero-order valence-electron chi connectivity index (χ0n) is 10.4. The number of hydrogen-bond donors (Lipinski definition) is 1. The molecule has 0 aromatic heterocycles. The van der Waals surface area contributed by atoms with E-state index >= 15 is 0 Å². The Labute approximate surface area is 108 Å². The first-order valence-corrected chi connectivity index (χ1v) is 6.30. The van der Waals surface area contributed by atoms with Gasteiger partial charge in [-0.1, -0.05) is 32.0 Å². The molecule has 1 aliphatic rings. The number of para-hydroxylation sites is 1. The van der Waals surface area contributed by atoms with Crippen LogP contribution < -0.4 is 0 Å². The van der Waals surface area contributed by atoms with Gasteiger partial charge in [0.05, 0.1) is 11.8 Å². The molecule has 2 nitrogen and oxygen atoms in total. The Bertz CT molecular complexity index is 525. The van der Waals surface area contributed by atoms with E-state index < -0.39 is 5.41 Å². The third-order valence-corrected chi connectivity index (χ3v) is 4.12. The highest BCUT2D eigenvalue weighted by Gasteiger charge is 2.44. The average Bonchev–Trinajstić information content (AvgIpc) is 2.62. The molecule has 0 aliphatic carbocycles. The van der Waals surface area contributed by atoms with Crippen LogP contribution >= 0.6 is 12.6 Å². The Balaban J connectivity index is 2.59. The number of aliphatic imine (C=N–C) groups is 1. The van der Waals surface area contributed by atoms with E-state index in [2.05, 4.69) is 43.6 Å². The quantitative estimate of drug-likeness (QED) is 0.794. The first-order valence-electron chi connectivity index (χ1n) is 5.67. The molecule has 0 bridgehead atoms. The van der Waals surface area contributed by atoms with Gasteiger partial charge in [-0.2, -0.15) is 17.9 Å². The van der Waals surface area contributed by atoms with E-state index in [-0.39, 0.29) is 5.41 Å². The molecule has 1 aliphatic heterocycles. The van der Waals surface area contributed by atoms with E-state index in [0.717, 1.165) is 11.4 Å². The van der Waals surface area contributed by atoms with Gasteiger partial charge in [-0.25, -0.2) is 0 Å². The van der Waals surface area contributed by atoms with Gasteiger partial charge in [-0.15, -0.1) is 0 Å². The minimum atomic E-state index is -0.606. The number of nitriles is 1. The van der Waals surface area contributed by atoms with Crippen LogP contribution in [0.3, 0.4) is 0 Å². The van der Waals surface area contributed by atoms with Gasteiger partial charge < -0.3 is 0 Å². The summed E-state index contributed by atoms with van der Waals surface area (Å²) in [4.78, 5) is 4.66. The molecule has 1 aromatic rings. The van der Waals surface area contributed by atoms with Crippen LogP contribution in [-0.2, 0) is 5.41 Å². The van der Waals surface area contributed by atoms with Gasteiger partial charge in [0.2, 0.25) is 0 Å². The lowest BCUT2D eigenvalue weighted by atomic mass is 9.71. The normalized spacial score (nSPS) is 20.1. The fraction of sp³-hybridized carbons (Fsp3) is 0.429. The highest BCUT2D eigenvalue weighted by molar-refractivity contribution is 7.80. The van der Waals surface area contributed by atoms with Crippen LogP contribution in [-0.4, -0.2) is 11.5 Å². The molecule has 3 heteroatoms. The van der Waals surface area contributed by atoms with Gasteiger partial charge >= 0.3 is 0 Å². The summed E-state index contributed by atoms with van der Waals surface area (Å²) in [5.74, 6) is 0.486. The standard InChI is InChI=1S/C14H16N2S/c1-13(2)10-6-4-5-7-11(10)16-12(13)14(3,8-15)9-17/h4-7,17H,9H2,1-3H3. The molecule has 0 radical (unpaired) electrons. The van der Waals surface area contributed by atoms with Crippen LogP contribution in [0.1, 0.15) is 26.3 Å². The summed E-state index contributed by atoms with van der Waals surface area (Å²) in [6.07, 6.45) is 0. The largest absolute Gasteiger partial charge is 0.255 e. The van der Waals surface area contributed by atoms with Crippen molar-refractivity contribution in [1.29, 1.82) is 5.26 Å². The van der Waals surface area contributed by atoms with Crippen LogP contribution in [0.15, 0.2) is 29.3 Å². The Morgan fingerprint density at radius 2 is 2.06 bits per heavy atom. The predicted octanol–water partition coefficient (Wildman–Crippen LogP) is 3.51. The van der Waals surface area contributed by atoms with Crippen molar-refractivity contribution in [1.82, 2.24) is 0 Å². The highest BCUT2D eigenvalue weighted by Crippen LogP contribution is 2.45. The molecule has 0 amide bonds. The summed E-state index contributed by atoms with van der Waals surface area (Å²) in [6.45, 7) is 6.15. The minimum absolute atomic E-state index is 0.191. The summed E-state index contributed by atoms with van der Waals surface area (Å²) in [6, 6.07) is 10.4. The predicted molar refractivity (Wildman–Crippen MR) is 74.1 cm³/mol. The maximum Gasteiger partial charge on any atom is 0.102 e. The van der Waals surface area contributed by atoms with Gasteiger partial charge in [0.15, 0.2) is 0 Å². The third kappa shape index (κ3) is 1.68. The van der Waals surface area contributed by atoms with E-state index in [1.807, 2.05) is 25.1 Å². The molecule has 17 heavy (non-hydrogen) atoms. The van der Waals surface area contributed by atoms with Gasteiger partial charge in [0.25, 0.3) is 0 Å². The molecule has 1 aromatic carbocycles. The van der Waals surface area contributed by atoms with Crippen LogP contribution in [0.4, 0.5) is 5.69 Å². The Kier molecular flexibility index (Phi) is 2.79. The maximum absolute atomic E-state index is 9.38. The van der Waals surface area contributed by atoms with Crippen molar-refractivity contribution in [2.75, 3.05) is 5.75 Å². The molecule has 0 saturated carbocycles. The Hall–Kier alpha value is -1.27. The van der Waals surface area contributed by atoms with Crippen molar-refractivity contribution in [3.63, 3.8) is 0 Å². The summed E-state index contributed by atoms with van der Waals surface area (Å²) < 4.78 is 0. The molecule has 88 valence electrons. The molecule has 0 saturated heterocycles. The minimum Gasteiger partial charge on any atom is -0.255 e. The molecular formula is C14H16N2S. The Morgan fingerprint density at radius 1 is 1.41 bits per heavy atom. The molecule has 0 N–H and O–H groups in total. The number of fused-ring (bicyclic) bond motifs is 1. The summed E-state index contributed by atoms with van der Waals surface area (Å²) in [5, 5.41) is 9.38. The lowest BCUT2D eigenvalue weighted by molar-refractivity contribution is 0.614. The molecular weight excluding hydrogens is 228 g/mol. The SMILES string of the molecule is CC(C#N)(CS)C1=Nc2ccccc2C1(C)C. The monoisotopic (exact) mass is 244 g/mol. The molecule has 1 atom stereocenters. The molecule has 0 spiro atoms. The van der Waals surface area contributed by atoms with Gasteiger partial charge in [0.1, 0.15) is 5.41 Å². The smallest absolute Gasteiger partial charge is 0.102 e. The maximum atomic E-state index is 9.38. The average molecular weight is 244 g/mol. The van der Waals surface area contributed by atoms with Crippen molar-refractivity contribution < 1.29 is 0 Å². The van der Waals surface area contributed by atoms with Crippen LogP contribution in [0, 0.1) is 16.7 Å². The van der Waals surface area contributed by atoms with Gasteiger partial charge in [0, 0.05) is 16.9 Å². The summed E-state index contributed by atoms with van der Waals surface area (Å²) in [5.41, 5.74) is 2.30. The van der Waals surface area contributed by atoms with Crippen LogP contribution in [0.2, 0.25) is 0 Å². The fourth-order valence-corrected chi connectivity index (χ4v) is 2.68. The number of benzene rings is 1. The second kappa shape index (κ2) is 3.89. The zero-order valence-corrected chi connectivity index (χ0v) is 11.3. The first kappa shape index (κ1) is 12.2. The molecule has 2 rings (SSSR count). The van der Waals surface area contributed by atoms with Crippen molar-refractivity contribution in [3.8, 4) is 6.07 Å². The Morgan fingerprint density at radius 3 is 2.59 bits per heavy atom. The third-order valence-electron chi connectivity index (χ3n) is 3.49. The second-order valence-corrected chi connectivity index (χ2v) is 5.52. The summed E-state index contributed by atoms with van der Waals surface area (Å²) >= 11 is 4.31. The highest BCUT2D eigenvalue weighted by atomic mass is 32.1. The fourth-order valence-electron chi connectivity index (χ4n) is 2.46. The van der Waals surface area contributed by atoms with Crippen molar-refractivity contribution in [2.24, 2.45) is 10.4 Å². The molecule has 0 fully saturated rings. The van der Waals surface area contributed by atoms with E-state index in [4.69, 9.17) is 0 Å². The van der Waals surface area contributed by atoms with Crippen LogP contribution in [0.5, 0.6) is 0 Å². The lowest BCUT2D eigenvalue weighted by Crippen LogP contribution is -2.39. The van der Waals surface area contributed by atoms with Crippen molar-refractivity contribution >= 4 is 24.0 Å². The first-order chi connectivity index (χ1) is 7.95. The zero-order chi connectivity index (χ0) is 12.7. The molecule has 1 unspecified atom stereocenters. The van der Waals surface area contributed by atoms with Crippen molar-refractivity contribution in [2.45, 2.75) is 26.2 Å². The topological polar surface area (TPSA) is 36.1 Å². The van der Waals surface area contributed by atoms with E-state index in [9.17, 15) is 5.26 Å². The second-order valence-electron chi connectivity index (χ2n) is 5.20. The van der Waals surface area contributed by atoms with E-state index in [0.29, 0.717) is 5.75 Å².